The first-order valence-electron chi connectivity index (χ1n) is 9.83. The fraction of sp³-hybridized carbons (Fsp3) is 0.650. The summed E-state index contributed by atoms with van der Waals surface area (Å²) in [4.78, 5) is 10.9. The lowest BCUT2D eigenvalue weighted by Gasteiger charge is -2.45. The van der Waals surface area contributed by atoms with Crippen LogP contribution in [0.3, 0.4) is 0 Å². The van der Waals surface area contributed by atoms with Crippen molar-refractivity contribution >= 4 is 17.9 Å². The molecule has 142 valence electrons. The van der Waals surface area contributed by atoms with Crippen LogP contribution in [0.5, 0.6) is 0 Å². The lowest BCUT2D eigenvalue weighted by Crippen LogP contribution is -2.56. The Morgan fingerprint density at radius 2 is 1.73 bits per heavy atom. The third-order valence-electron chi connectivity index (χ3n) is 5.71. The van der Waals surface area contributed by atoms with Crippen LogP contribution < -0.4 is 0 Å². The molecule has 0 radical (unpaired) electrons. The van der Waals surface area contributed by atoms with E-state index >= 15 is 0 Å². The summed E-state index contributed by atoms with van der Waals surface area (Å²) in [6.07, 6.45) is 0.899. The molecule has 26 heavy (non-hydrogen) atoms. The highest BCUT2D eigenvalue weighted by Gasteiger charge is 2.36. The molecule has 4 rings (SSSR count). The molecule has 0 aromatic heterocycles. The quantitative estimate of drug-likeness (QED) is 0.749. The van der Waals surface area contributed by atoms with Gasteiger partial charge in [-0.1, -0.05) is 26.0 Å². The Kier molecular flexibility index (Phi) is 5.41. The highest BCUT2D eigenvalue weighted by molar-refractivity contribution is 7.97. The van der Waals surface area contributed by atoms with Gasteiger partial charge in [-0.15, -0.1) is 0 Å². The van der Waals surface area contributed by atoms with Gasteiger partial charge >= 0.3 is 0 Å². The fourth-order valence-electron chi connectivity index (χ4n) is 3.91. The molecule has 1 aromatic carbocycles. The van der Waals surface area contributed by atoms with Gasteiger partial charge in [-0.05, 0) is 48.4 Å². The Balaban J connectivity index is 1.32. The van der Waals surface area contributed by atoms with E-state index < -0.39 is 6.17 Å². The van der Waals surface area contributed by atoms with Gasteiger partial charge < -0.3 is 4.90 Å². The van der Waals surface area contributed by atoms with Crippen LogP contribution >= 0.6 is 11.9 Å². The number of alkyl halides is 1. The molecule has 0 unspecified atom stereocenters. The number of piperazine rings is 1. The second-order valence-corrected chi connectivity index (χ2v) is 8.94. The SMILES string of the molecule is CC(C)c1ccc(SN2CCN=C2N2CCN(C3CC(F)C3)CC2)cc1. The molecule has 2 aliphatic heterocycles. The summed E-state index contributed by atoms with van der Waals surface area (Å²) >= 11 is 1.79. The number of guanidine groups is 1. The average molecular weight is 377 g/mol. The molecule has 0 bridgehead atoms. The maximum absolute atomic E-state index is 13.1. The van der Waals surface area contributed by atoms with Crippen LogP contribution in [-0.2, 0) is 0 Å². The van der Waals surface area contributed by atoms with Crippen LogP contribution in [0, 0.1) is 0 Å². The number of nitrogens with zero attached hydrogens (tertiary/aromatic N) is 4. The van der Waals surface area contributed by atoms with E-state index in [9.17, 15) is 4.39 Å². The highest BCUT2D eigenvalue weighted by atomic mass is 32.2. The predicted octanol–water partition coefficient (Wildman–Crippen LogP) is 3.61. The van der Waals surface area contributed by atoms with Gasteiger partial charge in [0.05, 0.1) is 13.1 Å². The highest BCUT2D eigenvalue weighted by Crippen LogP contribution is 2.31. The molecule has 6 heteroatoms. The Hall–Kier alpha value is -1.27. The lowest BCUT2D eigenvalue weighted by atomic mass is 9.89. The fourth-order valence-corrected chi connectivity index (χ4v) is 4.85. The smallest absolute Gasteiger partial charge is 0.207 e. The third kappa shape index (κ3) is 3.86. The Morgan fingerprint density at radius 1 is 1.04 bits per heavy atom. The minimum atomic E-state index is -0.564. The standard InChI is InChI=1S/C20H29FN4S/c1-15(2)16-3-5-19(6-4-16)26-25-8-7-22-20(25)24-11-9-23(10-12-24)18-13-17(21)14-18/h3-6,15,17-18H,7-14H2,1-2H3. The van der Waals surface area contributed by atoms with Gasteiger partial charge in [0, 0.05) is 37.1 Å². The van der Waals surface area contributed by atoms with Gasteiger partial charge in [0.1, 0.15) is 6.17 Å². The van der Waals surface area contributed by atoms with Gasteiger partial charge in [0.2, 0.25) is 5.96 Å². The van der Waals surface area contributed by atoms with Crippen molar-refractivity contribution in [2.45, 2.75) is 49.7 Å². The van der Waals surface area contributed by atoms with Gasteiger partial charge in [0.15, 0.2) is 0 Å². The zero-order valence-electron chi connectivity index (χ0n) is 15.8. The second kappa shape index (κ2) is 7.77. The molecule has 0 amide bonds. The van der Waals surface area contributed by atoms with Crippen molar-refractivity contribution in [2.75, 3.05) is 39.3 Å². The summed E-state index contributed by atoms with van der Waals surface area (Å²) in [7, 11) is 0. The molecule has 1 saturated heterocycles. The first-order chi connectivity index (χ1) is 12.6. The van der Waals surface area contributed by atoms with Crippen molar-refractivity contribution in [3.05, 3.63) is 29.8 Å². The molecule has 3 aliphatic rings. The van der Waals surface area contributed by atoms with Crippen LogP contribution in [0.25, 0.3) is 0 Å². The first kappa shape index (κ1) is 18.1. The van der Waals surface area contributed by atoms with E-state index in [4.69, 9.17) is 4.99 Å². The summed E-state index contributed by atoms with van der Waals surface area (Å²) in [5, 5.41) is 0. The monoisotopic (exact) mass is 376 g/mol. The molecule has 1 aromatic rings. The normalized spacial score (nSPS) is 27.0. The molecule has 1 saturated carbocycles. The van der Waals surface area contributed by atoms with Crippen LogP contribution in [0.15, 0.2) is 34.2 Å². The van der Waals surface area contributed by atoms with Gasteiger partial charge in [-0.2, -0.15) is 0 Å². The number of hydrogen-bond acceptors (Lipinski definition) is 5. The largest absolute Gasteiger partial charge is 0.340 e. The minimum Gasteiger partial charge on any atom is -0.340 e. The summed E-state index contributed by atoms with van der Waals surface area (Å²) in [6.45, 7) is 10.3. The summed E-state index contributed by atoms with van der Waals surface area (Å²) in [5.74, 6) is 1.69. The van der Waals surface area contributed by atoms with Crippen molar-refractivity contribution in [3.8, 4) is 0 Å². The van der Waals surface area contributed by atoms with Crippen LogP contribution in [-0.4, -0.2) is 71.5 Å². The summed E-state index contributed by atoms with van der Waals surface area (Å²) in [6, 6.07) is 9.38. The zero-order chi connectivity index (χ0) is 18.1. The lowest BCUT2D eigenvalue weighted by molar-refractivity contribution is 0.0313. The molecular weight excluding hydrogens is 347 g/mol. The molecule has 0 atom stereocenters. The number of hydrogen-bond donors (Lipinski definition) is 0. The van der Waals surface area contributed by atoms with Gasteiger partial charge in [0.25, 0.3) is 0 Å². The van der Waals surface area contributed by atoms with E-state index in [1.165, 1.54) is 10.5 Å². The van der Waals surface area contributed by atoms with E-state index in [1.807, 2.05) is 0 Å². The van der Waals surface area contributed by atoms with Crippen LogP contribution in [0.1, 0.15) is 38.2 Å². The van der Waals surface area contributed by atoms with Gasteiger partial charge in [-0.3, -0.25) is 14.2 Å². The predicted molar refractivity (Wildman–Crippen MR) is 106 cm³/mol. The maximum atomic E-state index is 13.1. The number of rotatable bonds is 4. The van der Waals surface area contributed by atoms with Gasteiger partial charge in [-0.25, -0.2) is 4.39 Å². The number of halogens is 1. The van der Waals surface area contributed by atoms with E-state index in [0.29, 0.717) is 12.0 Å². The van der Waals surface area contributed by atoms with Crippen LogP contribution in [0.2, 0.25) is 0 Å². The summed E-state index contributed by atoms with van der Waals surface area (Å²) < 4.78 is 15.4. The molecule has 0 N–H and O–H groups in total. The maximum Gasteiger partial charge on any atom is 0.207 e. The second-order valence-electron chi connectivity index (χ2n) is 7.84. The summed E-state index contributed by atoms with van der Waals surface area (Å²) in [5.41, 5.74) is 1.38. The van der Waals surface area contributed by atoms with Crippen molar-refractivity contribution in [2.24, 2.45) is 4.99 Å². The Bertz CT molecular complexity index is 634. The van der Waals surface area contributed by atoms with Crippen molar-refractivity contribution in [3.63, 3.8) is 0 Å². The third-order valence-corrected chi connectivity index (χ3v) is 6.76. The molecule has 0 spiro atoms. The Morgan fingerprint density at radius 3 is 2.35 bits per heavy atom. The van der Waals surface area contributed by atoms with E-state index in [1.54, 1.807) is 11.9 Å². The molecule has 1 aliphatic carbocycles. The number of aliphatic imine (C=N–C) groups is 1. The molecule has 4 nitrogen and oxygen atoms in total. The number of benzene rings is 1. The van der Waals surface area contributed by atoms with Crippen molar-refractivity contribution in [1.29, 1.82) is 0 Å². The molecular formula is C20H29FN4S. The van der Waals surface area contributed by atoms with Crippen molar-refractivity contribution in [1.82, 2.24) is 14.1 Å². The van der Waals surface area contributed by atoms with E-state index in [-0.39, 0.29) is 0 Å². The Labute approximate surface area is 160 Å². The minimum absolute atomic E-state index is 0.475. The van der Waals surface area contributed by atoms with Crippen LogP contribution in [0.4, 0.5) is 4.39 Å². The van der Waals surface area contributed by atoms with Crippen molar-refractivity contribution < 1.29 is 4.39 Å². The van der Waals surface area contributed by atoms with E-state index in [0.717, 1.165) is 58.1 Å². The average Bonchev–Trinajstić information content (AvgIpc) is 3.08. The zero-order valence-corrected chi connectivity index (χ0v) is 16.6. The topological polar surface area (TPSA) is 22.1 Å². The van der Waals surface area contributed by atoms with E-state index in [2.05, 4.69) is 52.2 Å². The molecule has 2 fully saturated rings. The first-order valence-corrected chi connectivity index (χ1v) is 10.6. The molecule has 2 heterocycles.